The number of hydrogen-bond acceptors (Lipinski definition) is 2. The summed E-state index contributed by atoms with van der Waals surface area (Å²) >= 11 is 0. The Morgan fingerprint density at radius 1 is 1.16 bits per heavy atom. The Morgan fingerprint density at radius 3 is 2.53 bits per heavy atom. The lowest BCUT2D eigenvalue weighted by molar-refractivity contribution is 0.0686. The van der Waals surface area contributed by atoms with Crippen LogP contribution in [0.25, 0.3) is 10.8 Å². The van der Waals surface area contributed by atoms with Crippen LogP contribution >= 0.6 is 0 Å². The second kappa shape index (κ2) is 3.82. The Balaban J connectivity index is 2.38. The number of rotatable bonds is 2. The topological polar surface area (TPSA) is 74.6 Å². The summed E-state index contributed by atoms with van der Waals surface area (Å²) in [5, 5.41) is 20.0. The lowest BCUT2D eigenvalue weighted by atomic mass is 9.97. The minimum atomic E-state index is -0.999. The fourth-order valence-electron chi connectivity index (χ4n) is 2.89. The van der Waals surface area contributed by atoms with Crippen molar-refractivity contribution in [3.05, 3.63) is 46.5 Å². The Labute approximate surface area is 109 Å². The van der Waals surface area contributed by atoms with Crippen molar-refractivity contribution >= 4 is 22.7 Å². The quantitative estimate of drug-likeness (QED) is 0.866. The third-order valence-corrected chi connectivity index (χ3v) is 3.78. The van der Waals surface area contributed by atoms with E-state index in [1.54, 1.807) is 18.2 Å². The highest BCUT2D eigenvalue weighted by Crippen LogP contribution is 2.40. The fraction of sp³-hybridized carbons (Fsp3) is 0.200. The highest BCUT2D eigenvalue weighted by molar-refractivity contribution is 6.03. The molecule has 19 heavy (non-hydrogen) atoms. The molecule has 2 aromatic carbocycles. The zero-order chi connectivity index (χ0) is 13.7. The average molecular weight is 256 g/mol. The van der Waals surface area contributed by atoms with Gasteiger partial charge in [-0.25, -0.2) is 9.59 Å². The lowest BCUT2D eigenvalue weighted by Crippen LogP contribution is -2.02. The normalized spacial score (nSPS) is 16.8. The molecule has 0 fully saturated rings. The van der Waals surface area contributed by atoms with E-state index < -0.39 is 11.9 Å². The molecule has 0 radical (unpaired) electrons. The zero-order valence-corrected chi connectivity index (χ0v) is 10.3. The molecule has 2 aromatic rings. The fourth-order valence-corrected chi connectivity index (χ4v) is 2.89. The van der Waals surface area contributed by atoms with Crippen molar-refractivity contribution in [2.45, 2.75) is 19.3 Å². The van der Waals surface area contributed by atoms with Crippen LogP contribution in [-0.2, 0) is 6.42 Å². The molecular weight excluding hydrogens is 244 g/mol. The summed E-state index contributed by atoms with van der Waals surface area (Å²) in [6, 6.07) is 6.73. The summed E-state index contributed by atoms with van der Waals surface area (Å²) in [4.78, 5) is 22.4. The van der Waals surface area contributed by atoms with Gasteiger partial charge in [0.05, 0.1) is 11.1 Å². The van der Waals surface area contributed by atoms with Gasteiger partial charge in [0.15, 0.2) is 0 Å². The van der Waals surface area contributed by atoms with E-state index in [0.29, 0.717) is 12.0 Å². The zero-order valence-electron chi connectivity index (χ0n) is 10.3. The number of carboxylic acid groups (broad SMARTS) is 2. The molecule has 0 spiro atoms. The van der Waals surface area contributed by atoms with Crippen molar-refractivity contribution in [3.63, 3.8) is 0 Å². The summed E-state index contributed by atoms with van der Waals surface area (Å²) in [6.45, 7) is 1.99. The van der Waals surface area contributed by atoms with Crippen LogP contribution in [-0.4, -0.2) is 22.2 Å². The van der Waals surface area contributed by atoms with Crippen LogP contribution in [0, 0.1) is 0 Å². The smallest absolute Gasteiger partial charge is 0.336 e. The van der Waals surface area contributed by atoms with Crippen molar-refractivity contribution in [1.29, 1.82) is 0 Å². The molecule has 4 nitrogen and oxygen atoms in total. The Morgan fingerprint density at radius 2 is 1.89 bits per heavy atom. The first-order chi connectivity index (χ1) is 8.99. The monoisotopic (exact) mass is 256 g/mol. The van der Waals surface area contributed by atoms with Crippen LogP contribution < -0.4 is 0 Å². The Bertz CT molecular complexity index is 730. The molecule has 3 rings (SSSR count). The van der Waals surface area contributed by atoms with Gasteiger partial charge < -0.3 is 10.2 Å². The molecule has 96 valence electrons. The van der Waals surface area contributed by atoms with Gasteiger partial charge >= 0.3 is 11.9 Å². The van der Waals surface area contributed by atoms with Gasteiger partial charge in [0.25, 0.3) is 0 Å². The van der Waals surface area contributed by atoms with E-state index in [-0.39, 0.29) is 11.5 Å². The van der Waals surface area contributed by atoms with Crippen molar-refractivity contribution in [1.82, 2.24) is 0 Å². The van der Waals surface area contributed by atoms with E-state index in [0.717, 1.165) is 21.9 Å². The van der Waals surface area contributed by atoms with Gasteiger partial charge in [-0.2, -0.15) is 0 Å². The highest BCUT2D eigenvalue weighted by atomic mass is 16.4. The number of fused-ring (bicyclic) bond motifs is 4. The molecule has 0 aromatic heterocycles. The summed E-state index contributed by atoms with van der Waals surface area (Å²) < 4.78 is 0. The second-order valence-corrected chi connectivity index (χ2v) is 4.97. The minimum Gasteiger partial charge on any atom is -0.478 e. The van der Waals surface area contributed by atoms with Gasteiger partial charge in [0.1, 0.15) is 0 Å². The third-order valence-electron chi connectivity index (χ3n) is 3.78. The maximum atomic E-state index is 11.4. The Hall–Kier alpha value is -2.36. The van der Waals surface area contributed by atoms with Crippen LogP contribution in [0.1, 0.15) is 44.7 Å². The van der Waals surface area contributed by atoms with Gasteiger partial charge in [0.2, 0.25) is 0 Å². The van der Waals surface area contributed by atoms with E-state index in [4.69, 9.17) is 5.11 Å². The van der Waals surface area contributed by atoms with E-state index in [9.17, 15) is 14.7 Å². The molecule has 1 aliphatic rings. The highest BCUT2D eigenvalue weighted by Gasteiger charge is 2.29. The first kappa shape index (κ1) is 11.7. The van der Waals surface area contributed by atoms with Crippen molar-refractivity contribution < 1.29 is 19.8 Å². The third kappa shape index (κ3) is 1.60. The first-order valence-electron chi connectivity index (χ1n) is 6.05. The molecule has 0 heterocycles. The first-order valence-corrected chi connectivity index (χ1v) is 6.05. The molecular formula is C15H12O4. The summed E-state index contributed by atoms with van der Waals surface area (Å²) in [5.74, 6) is -1.76. The number of carboxylic acids is 2. The lowest BCUT2D eigenvalue weighted by Gasteiger charge is -2.07. The van der Waals surface area contributed by atoms with Crippen molar-refractivity contribution in [3.8, 4) is 0 Å². The average Bonchev–Trinajstić information content (AvgIpc) is 2.60. The van der Waals surface area contributed by atoms with E-state index in [1.807, 2.05) is 13.0 Å². The molecule has 4 heteroatoms. The van der Waals surface area contributed by atoms with Gasteiger partial charge in [-0.1, -0.05) is 13.0 Å². The Kier molecular flexibility index (Phi) is 2.35. The van der Waals surface area contributed by atoms with Crippen LogP contribution in [0.2, 0.25) is 0 Å². The van der Waals surface area contributed by atoms with Crippen LogP contribution in [0.3, 0.4) is 0 Å². The number of benzene rings is 2. The standard InChI is InChI=1S/C15H12O4/c1-7-4-12-11-6-9(14(16)17)3-2-8(11)5-10(7)13(12)15(18)19/h2-3,5-7H,4H2,1H3,(H,16,17)(H,18,19). The minimum absolute atomic E-state index is 0.168. The van der Waals surface area contributed by atoms with Gasteiger partial charge in [-0.05, 0) is 52.4 Å². The van der Waals surface area contributed by atoms with Crippen molar-refractivity contribution in [2.24, 2.45) is 0 Å². The maximum absolute atomic E-state index is 11.4. The SMILES string of the molecule is CC1Cc2c(C(=O)O)c1cc1ccc(C(=O)O)cc21. The molecule has 2 N–H and O–H groups in total. The molecule has 0 aliphatic heterocycles. The van der Waals surface area contributed by atoms with Gasteiger partial charge in [-0.3, -0.25) is 0 Å². The van der Waals surface area contributed by atoms with Gasteiger partial charge in [-0.15, -0.1) is 0 Å². The summed E-state index contributed by atoms with van der Waals surface area (Å²) in [6.07, 6.45) is 0.656. The number of aromatic carboxylic acids is 2. The maximum Gasteiger partial charge on any atom is 0.336 e. The predicted octanol–water partition coefficient (Wildman–Crippen LogP) is 2.90. The predicted molar refractivity (Wildman–Crippen MR) is 70.0 cm³/mol. The molecule has 1 unspecified atom stereocenters. The second-order valence-electron chi connectivity index (χ2n) is 4.97. The summed E-state index contributed by atoms with van der Waals surface area (Å²) in [5.41, 5.74) is 2.14. The number of hydrogen-bond donors (Lipinski definition) is 2. The molecule has 1 atom stereocenters. The van der Waals surface area contributed by atoms with E-state index >= 15 is 0 Å². The summed E-state index contributed by atoms with van der Waals surface area (Å²) in [7, 11) is 0. The van der Waals surface area contributed by atoms with Crippen LogP contribution in [0.5, 0.6) is 0 Å². The van der Waals surface area contributed by atoms with Gasteiger partial charge in [0, 0.05) is 0 Å². The molecule has 0 amide bonds. The van der Waals surface area contributed by atoms with E-state index in [2.05, 4.69) is 0 Å². The van der Waals surface area contributed by atoms with Crippen LogP contribution in [0.4, 0.5) is 0 Å². The molecule has 0 saturated carbocycles. The van der Waals surface area contributed by atoms with E-state index in [1.165, 1.54) is 0 Å². The molecule has 1 aliphatic carbocycles. The van der Waals surface area contributed by atoms with Crippen LogP contribution in [0.15, 0.2) is 24.3 Å². The van der Waals surface area contributed by atoms with Crippen molar-refractivity contribution in [2.75, 3.05) is 0 Å². The number of carbonyl (C=O) groups is 2. The largest absolute Gasteiger partial charge is 0.478 e. The molecule has 2 bridgehead atoms. The molecule has 0 saturated heterocycles.